The maximum absolute atomic E-state index is 13.9. The highest BCUT2D eigenvalue weighted by molar-refractivity contribution is 7.88. The Bertz CT molecular complexity index is 819. The van der Waals surface area contributed by atoms with Gasteiger partial charge in [-0.2, -0.15) is 4.31 Å². The molecule has 0 bridgehead atoms. The molecule has 1 fully saturated rings. The lowest BCUT2D eigenvalue weighted by Gasteiger charge is -2.35. The first-order valence-corrected chi connectivity index (χ1v) is 10.3. The van der Waals surface area contributed by atoms with Crippen LogP contribution in [0.3, 0.4) is 0 Å². The Morgan fingerprint density at radius 2 is 2.08 bits per heavy atom. The molecule has 0 amide bonds. The fourth-order valence-electron chi connectivity index (χ4n) is 3.45. The van der Waals surface area contributed by atoms with E-state index in [2.05, 4.69) is 4.98 Å². The van der Waals surface area contributed by atoms with Crippen LogP contribution in [0.15, 0.2) is 36.7 Å². The maximum atomic E-state index is 13.9. The van der Waals surface area contributed by atoms with E-state index in [0.717, 1.165) is 38.1 Å². The Kier molecular flexibility index (Phi) is 5.54. The molecule has 0 spiro atoms. The molecule has 1 aliphatic rings. The lowest BCUT2D eigenvalue weighted by atomic mass is 10.0. The molecular formula is C18H24FN3O2S. The minimum absolute atomic E-state index is 0.0349. The fraction of sp³-hybridized carbons (Fsp3) is 0.500. The van der Waals surface area contributed by atoms with Gasteiger partial charge in [-0.05, 0) is 32.3 Å². The van der Waals surface area contributed by atoms with E-state index in [4.69, 9.17) is 0 Å². The third-order valence-corrected chi connectivity index (χ3v) is 6.72. The van der Waals surface area contributed by atoms with Gasteiger partial charge in [0.15, 0.2) is 0 Å². The van der Waals surface area contributed by atoms with E-state index in [9.17, 15) is 12.8 Å². The summed E-state index contributed by atoms with van der Waals surface area (Å²) in [6, 6.07) is 6.06. The van der Waals surface area contributed by atoms with Gasteiger partial charge in [-0.1, -0.05) is 24.6 Å². The predicted octanol–water partition coefficient (Wildman–Crippen LogP) is 3.11. The van der Waals surface area contributed by atoms with Crippen LogP contribution in [0.5, 0.6) is 0 Å². The number of aromatic nitrogens is 2. The number of imidazole rings is 1. The van der Waals surface area contributed by atoms with Gasteiger partial charge in [0.1, 0.15) is 11.6 Å². The third kappa shape index (κ3) is 4.27. The van der Waals surface area contributed by atoms with E-state index in [1.165, 1.54) is 6.07 Å². The van der Waals surface area contributed by atoms with Crippen molar-refractivity contribution in [1.82, 2.24) is 13.9 Å². The molecule has 1 unspecified atom stereocenters. The molecule has 136 valence electrons. The van der Waals surface area contributed by atoms with Crippen molar-refractivity contribution in [2.24, 2.45) is 0 Å². The van der Waals surface area contributed by atoms with E-state index in [-0.39, 0.29) is 17.4 Å². The Hall–Kier alpha value is -1.73. The number of hydrogen-bond donors (Lipinski definition) is 0. The Balaban J connectivity index is 1.73. The molecule has 0 aliphatic carbocycles. The van der Waals surface area contributed by atoms with Gasteiger partial charge in [-0.3, -0.25) is 0 Å². The SMILES string of the molecule is Cc1nccn1CCC1CCCCN1S(=O)(=O)Cc1ccccc1F. The van der Waals surface area contributed by atoms with Crippen LogP contribution >= 0.6 is 0 Å². The van der Waals surface area contributed by atoms with Gasteiger partial charge < -0.3 is 4.57 Å². The Morgan fingerprint density at radius 3 is 2.80 bits per heavy atom. The minimum Gasteiger partial charge on any atom is -0.335 e. The number of nitrogens with zero attached hydrogens (tertiary/aromatic N) is 3. The first kappa shape index (κ1) is 18.1. The second kappa shape index (κ2) is 7.66. The number of halogens is 1. The van der Waals surface area contributed by atoms with Crippen molar-refractivity contribution in [2.45, 2.75) is 50.9 Å². The molecular weight excluding hydrogens is 341 g/mol. The molecule has 5 nitrogen and oxygen atoms in total. The normalized spacial score (nSPS) is 19.2. The topological polar surface area (TPSA) is 55.2 Å². The van der Waals surface area contributed by atoms with Crippen molar-refractivity contribution in [3.63, 3.8) is 0 Å². The van der Waals surface area contributed by atoms with Crippen molar-refractivity contribution in [3.8, 4) is 0 Å². The number of rotatable bonds is 6. The van der Waals surface area contributed by atoms with Gasteiger partial charge in [0, 0.05) is 37.1 Å². The van der Waals surface area contributed by atoms with Crippen LogP contribution < -0.4 is 0 Å². The second-order valence-electron chi connectivity index (χ2n) is 6.56. The van der Waals surface area contributed by atoms with Crippen LogP contribution in [0.2, 0.25) is 0 Å². The van der Waals surface area contributed by atoms with Crippen molar-refractivity contribution in [1.29, 1.82) is 0 Å². The van der Waals surface area contributed by atoms with Crippen molar-refractivity contribution >= 4 is 10.0 Å². The molecule has 1 aliphatic heterocycles. The summed E-state index contributed by atoms with van der Waals surface area (Å²) in [4.78, 5) is 4.20. The molecule has 1 saturated heterocycles. The molecule has 1 aromatic carbocycles. The first-order valence-electron chi connectivity index (χ1n) is 8.68. The van der Waals surface area contributed by atoms with Gasteiger partial charge in [0.05, 0.1) is 5.75 Å². The van der Waals surface area contributed by atoms with Gasteiger partial charge in [-0.25, -0.2) is 17.8 Å². The number of piperidine rings is 1. The summed E-state index contributed by atoms with van der Waals surface area (Å²) in [6.07, 6.45) is 7.15. The predicted molar refractivity (Wildman–Crippen MR) is 94.9 cm³/mol. The zero-order valence-electron chi connectivity index (χ0n) is 14.4. The molecule has 3 rings (SSSR count). The molecule has 2 aromatic rings. The molecule has 7 heteroatoms. The maximum Gasteiger partial charge on any atom is 0.218 e. The quantitative estimate of drug-likeness (QED) is 0.790. The molecule has 25 heavy (non-hydrogen) atoms. The summed E-state index contributed by atoms with van der Waals surface area (Å²) in [6.45, 7) is 3.19. The number of aryl methyl sites for hydroxylation is 2. The van der Waals surface area contributed by atoms with E-state index in [0.29, 0.717) is 6.54 Å². The van der Waals surface area contributed by atoms with Crippen LogP contribution in [0.1, 0.15) is 37.1 Å². The molecule has 0 N–H and O–H groups in total. The average Bonchev–Trinajstić information content (AvgIpc) is 3.00. The molecule has 1 atom stereocenters. The molecule has 0 radical (unpaired) electrons. The monoisotopic (exact) mass is 365 g/mol. The first-order chi connectivity index (χ1) is 12.0. The molecule has 0 saturated carbocycles. The van der Waals surface area contributed by atoms with E-state index in [1.807, 2.05) is 17.7 Å². The number of benzene rings is 1. The van der Waals surface area contributed by atoms with Crippen LogP contribution in [-0.2, 0) is 22.3 Å². The smallest absolute Gasteiger partial charge is 0.218 e. The van der Waals surface area contributed by atoms with Gasteiger partial charge in [0.2, 0.25) is 10.0 Å². The lowest BCUT2D eigenvalue weighted by Crippen LogP contribution is -2.44. The average molecular weight is 365 g/mol. The summed E-state index contributed by atoms with van der Waals surface area (Å²) in [5, 5.41) is 0. The van der Waals surface area contributed by atoms with Crippen LogP contribution in [0.4, 0.5) is 4.39 Å². The van der Waals surface area contributed by atoms with Crippen LogP contribution in [0, 0.1) is 12.7 Å². The fourth-order valence-corrected chi connectivity index (χ4v) is 5.32. The largest absolute Gasteiger partial charge is 0.335 e. The van der Waals surface area contributed by atoms with E-state index < -0.39 is 15.8 Å². The van der Waals surface area contributed by atoms with E-state index >= 15 is 0 Å². The standard InChI is InChI=1S/C18H24FN3O2S/c1-15-20-10-13-21(15)12-9-17-7-4-5-11-22(17)25(23,24)14-16-6-2-3-8-18(16)19/h2-3,6,8,10,13,17H,4-5,7,9,11-12,14H2,1H3. The van der Waals surface area contributed by atoms with Gasteiger partial charge in [-0.15, -0.1) is 0 Å². The Morgan fingerprint density at radius 1 is 1.28 bits per heavy atom. The van der Waals surface area contributed by atoms with Gasteiger partial charge in [0.25, 0.3) is 0 Å². The Labute approximate surface area is 148 Å². The summed E-state index contributed by atoms with van der Waals surface area (Å²) >= 11 is 0. The summed E-state index contributed by atoms with van der Waals surface area (Å²) in [7, 11) is -3.54. The van der Waals surface area contributed by atoms with Crippen molar-refractivity contribution in [3.05, 3.63) is 53.9 Å². The van der Waals surface area contributed by atoms with E-state index in [1.54, 1.807) is 28.7 Å². The zero-order chi connectivity index (χ0) is 17.9. The van der Waals surface area contributed by atoms with Crippen LogP contribution in [0.25, 0.3) is 0 Å². The summed E-state index contributed by atoms with van der Waals surface area (Å²) in [5.74, 6) is 0.186. The van der Waals surface area contributed by atoms with Crippen LogP contribution in [-0.4, -0.2) is 34.9 Å². The lowest BCUT2D eigenvalue weighted by molar-refractivity contribution is 0.233. The molecule has 2 heterocycles. The van der Waals surface area contributed by atoms with Gasteiger partial charge >= 0.3 is 0 Å². The molecule has 1 aromatic heterocycles. The highest BCUT2D eigenvalue weighted by atomic mass is 32.2. The zero-order valence-corrected chi connectivity index (χ0v) is 15.3. The van der Waals surface area contributed by atoms with Crippen molar-refractivity contribution in [2.75, 3.05) is 6.54 Å². The highest BCUT2D eigenvalue weighted by Gasteiger charge is 2.32. The third-order valence-electron chi connectivity index (χ3n) is 4.85. The second-order valence-corrected chi connectivity index (χ2v) is 8.49. The highest BCUT2D eigenvalue weighted by Crippen LogP contribution is 2.26. The minimum atomic E-state index is -3.54. The summed E-state index contributed by atoms with van der Waals surface area (Å²) < 4.78 is 43.3. The van der Waals surface area contributed by atoms with Crippen molar-refractivity contribution < 1.29 is 12.8 Å². The number of sulfonamides is 1. The number of hydrogen-bond acceptors (Lipinski definition) is 3. The summed E-state index contributed by atoms with van der Waals surface area (Å²) in [5.41, 5.74) is 0.234.